The highest BCUT2D eigenvalue weighted by molar-refractivity contribution is 7.99. The van der Waals surface area contributed by atoms with Crippen molar-refractivity contribution in [3.8, 4) is 0 Å². The molecule has 32 heavy (non-hydrogen) atoms. The second-order valence-corrected chi connectivity index (χ2v) is 8.81. The lowest BCUT2D eigenvalue weighted by Gasteiger charge is -2.29. The van der Waals surface area contributed by atoms with Crippen LogP contribution in [0.5, 0.6) is 0 Å². The number of nitrogens with one attached hydrogen (secondary N) is 1. The molecule has 0 aliphatic carbocycles. The van der Waals surface area contributed by atoms with Crippen molar-refractivity contribution in [1.29, 1.82) is 0 Å². The summed E-state index contributed by atoms with van der Waals surface area (Å²) in [5.41, 5.74) is 1.77. The molecule has 1 N–H and O–H groups in total. The van der Waals surface area contributed by atoms with E-state index < -0.39 is 11.0 Å². The molecule has 0 bridgehead atoms. The lowest BCUT2D eigenvalue weighted by molar-refractivity contribution is -0.384. The summed E-state index contributed by atoms with van der Waals surface area (Å²) in [6, 6.07) is 12.9. The van der Waals surface area contributed by atoms with Crippen molar-refractivity contribution < 1.29 is 14.5 Å². The fourth-order valence-electron chi connectivity index (χ4n) is 3.00. The van der Waals surface area contributed by atoms with Crippen LogP contribution in [0.15, 0.2) is 48.5 Å². The average Bonchev–Trinajstić information content (AvgIpc) is 2.77. The third-order valence-electron chi connectivity index (χ3n) is 4.88. The number of carbonyl (C=O) groups excluding carboxylic acids is 2. The van der Waals surface area contributed by atoms with Crippen molar-refractivity contribution in [3.05, 3.63) is 74.8 Å². The first-order valence-corrected chi connectivity index (χ1v) is 12.0. The van der Waals surface area contributed by atoms with E-state index in [1.54, 1.807) is 36.1 Å². The van der Waals surface area contributed by atoms with Gasteiger partial charge in [-0.15, -0.1) is 11.8 Å². The summed E-state index contributed by atoms with van der Waals surface area (Å²) >= 11 is 7.49. The molecule has 0 aromatic heterocycles. The molecule has 0 saturated heterocycles. The van der Waals surface area contributed by atoms with Crippen LogP contribution >= 0.6 is 23.4 Å². The maximum absolute atomic E-state index is 13.0. The molecule has 0 aliphatic rings. The fourth-order valence-corrected chi connectivity index (χ4v) is 4.09. The first-order chi connectivity index (χ1) is 15.3. The number of nitro benzene ring substituents is 1. The van der Waals surface area contributed by atoms with E-state index in [1.165, 1.54) is 23.9 Å². The van der Waals surface area contributed by atoms with Gasteiger partial charge >= 0.3 is 0 Å². The van der Waals surface area contributed by atoms with E-state index in [9.17, 15) is 19.7 Å². The number of hydrogen-bond acceptors (Lipinski definition) is 5. The molecule has 0 radical (unpaired) electrons. The van der Waals surface area contributed by atoms with Gasteiger partial charge in [0.2, 0.25) is 11.8 Å². The van der Waals surface area contributed by atoms with Crippen LogP contribution in [0, 0.1) is 10.1 Å². The number of nitro groups is 1. The van der Waals surface area contributed by atoms with Crippen LogP contribution < -0.4 is 5.32 Å². The van der Waals surface area contributed by atoms with Crippen LogP contribution in [0.4, 0.5) is 5.69 Å². The Morgan fingerprint density at radius 2 is 1.91 bits per heavy atom. The number of nitrogens with zero attached hydrogens (tertiary/aromatic N) is 2. The number of non-ortho nitro benzene ring substituents is 1. The largest absolute Gasteiger partial charge is 0.354 e. The summed E-state index contributed by atoms with van der Waals surface area (Å²) < 4.78 is 0. The van der Waals surface area contributed by atoms with Gasteiger partial charge in [-0.25, -0.2) is 0 Å². The Balaban J connectivity index is 2.03. The number of hydrogen-bond donors (Lipinski definition) is 1. The zero-order chi connectivity index (χ0) is 23.5. The number of unbranched alkanes of at least 4 members (excludes halogenated alkanes) is 1. The van der Waals surface area contributed by atoms with Crippen LogP contribution in [0.1, 0.15) is 37.8 Å². The number of carbonyl (C=O) groups is 2. The summed E-state index contributed by atoms with van der Waals surface area (Å²) in [7, 11) is 0. The molecule has 0 saturated carbocycles. The topological polar surface area (TPSA) is 92.6 Å². The Kier molecular flexibility index (Phi) is 10.5. The van der Waals surface area contributed by atoms with Crippen LogP contribution in [-0.4, -0.2) is 40.0 Å². The number of halogens is 1. The maximum atomic E-state index is 13.0. The Morgan fingerprint density at radius 1 is 1.19 bits per heavy atom. The average molecular weight is 478 g/mol. The first kappa shape index (κ1) is 25.7. The standard InChI is InChI=1S/C23H28ClN3O4S/c1-3-4-12-25-23(29)17(2)26(14-19-6-5-7-20(24)13-19)22(28)16-32-15-18-8-10-21(11-9-18)27(30)31/h5-11,13,17H,3-4,12,14-16H2,1-2H3,(H,25,29)/t17-/m1/s1. The quantitative estimate of drug-likeness (QED) is 0.269. The number of benzene rings is 2. The van der Waals surface area contributed by atoms with Crippen molar-refractivity contribution in [1.82, 2.24) is 10.2 Å². The molecule has 0 fully saturated rings. The second-order valence-electron chi connectivity index (χ2n) is 7.39. The van der Waals surface area contributed by atoms with Gasteiger partial charge in [0.1, 0.15) is 6.04 Å². The van der Waals surface area contributed by atoms with E-state index >= 15 is 0 Å². The predicted octanol–water partition coefficient (Wildman–Crippen LogP) is 4.82. The molecule has 172 valence electrons. The molecule has 0 unspecified atom stereocenters. The molecule has 2 aromatic carbocycles. The van der Waals surface area contributed by atoms with Gasteiger partial charge in [-0.1, -0.05) is 49.2 Å². The first-order valence-electron chi connectivity index (χ1n) is 10.4. The van der Waals surface area contributed by atoms with Crippen molar-refractivity contribution >= 4 is 40.9 Å². The summed E-state index contributed by atoms with van der Waals surface area (Å²) in [6.07, 6.45) is 1.85. The van der Waals surface area contributed by atoms with Crippen LogP contribution in [0.2, 0.25) is 5.02 Å². The maximum Gasteiger partial charge on any atom is 0.269 e. The van der Waals surface area contributed by atoms with Gasteiger partial charge in [-0.2, -0.15) is 0 Å². The lowest BCUT2D eigenvalue weighted by atomic mass is 10.1. The Bertz CT molecular complexity index is 924. The summed E-state index contributed by atoms with van der Waals surface area (Å²) in [5, 5.41) is 14.2. The molecule has 2 aromatic rings. The van der Waals surface area contributed by atoms with Gasteiger partial charge in [-0.3, -0.25) is 19.7 Å². The highest BCUT2D eigenvalue weighted by Crippen LogP contribution is 2.19. The molecule has 7 nitrogen and oxygen atoms in total. The van der Waals surface area contributed by atoms with E-state index in [0.29, 0.717) is 17.3 Å². The monoisotopic (exact) mass is 477 g/mol. The molecule has 9 heteroatoms. The molecule has 0 spiro atoms. The van der Waals surface area contributed by atoms with Crippen LogP contribution in [0.25, 0.3) is 0 Å². The van der Waals surface area contributed by atoms with E-state index in [-0.39, 0.29) is 29.8 Å². The minimum atomic E-state index is -0.627. The van der Waals surface area contributed by atoms with Gasteiger partial charge in [-0.05, 0) is 36.6 Å². The minimum absolute atomic E-state index is 0.0328. The Hall–Kier alpha value is -2.58. The normalized spacial score (nSPS) is 11.6. The van der Waals surface area contributed by atoms with E-state index in [1.807, 2.05) is 19.1 Å². The van der Waals surface area contributed by atoms with Crippen molar-refractivity contribution in [2.45, 2.75) is 45.0 Å². The highest BCUT2D eigenvalue weighted by atomic mass is 35.5. The fraction of sp³-hybridized carbons (Fsp3) is 0.391. The zero-order valence-corrected chi connectivity index (χ0v) is 19.8. The van der Waals surface area contributed by atoms with Gasteiger partial charge in [0, 0.05) is 36.0 Å². The molecular formula is C23H28ClN3O4S. The third kappa shape index (κ3) is 8.16. The van der Waals surface area contributed by atoms with Crippen molar-refractivity contribution in [2.75, 3.05) is 12.3 Å². The smallest absolute Gasteiger partial charge is 0.269 e. The van der Waals surface area contributed by atoms with Crippen LogP contribution in [0.3, 0.4) is 0 Å². The van der Waals surface area contributed by atoms with Gasteiger partial charge in [0.15, 0.2) is 0 Å². The second kappa shape index (κ2) is 13.1. The Morgan fingerprint density at radius 3 is 2.53 bits per heavy atom. The van der Waals surface area contributed by atoms with Gasteiger partial charge < -0.3 is 10.2 Å². The molecular weight excluding hydrogens is 450 g/mol. The van der Waals surface area contributed by atoms with Gasteiger partial charge in [0.25, 0.3) is 5.69 Å². The van der Waals surface area contributed by atoms with E-state index in [0.717, 1.165) is 24.0 Å². The zero-order valence-electron chi connectivity index (χ0n) is 18.3. The SMILES string of the molecule is CCCCNC(=O)[C@@H](C)N(Cc1cccc(Cl)c1)C(=O)CSCc1ccc([N+](=O)[O-])cc1. The molecule has 2 amide bonds. The molecule has 1 atom stereocenters. The third-order valence-corrected chi connectivity index (χ3v) is 6.10. The van der Waals surface area contributed by atoms with E-state index in [4.69, 9.17) is 11.6 Å². The predicted molar refractivity (Wildman–Crippen MR) is 129 cm³/mol. The number of rotatable bonds is 12. The molecule has 2 rings (SSSR count). The van der Waals surface area contributed by atoms with Gasteiger partial charge in [0.05, 0.1) is 10.7 Å². The number of thioether (sulfide) groups is 1. The van der Waals surface area contributed by atoms with Crippen molar-refractivity contribution in [3.63, 3.8) is 0 Å². The molecule has 0 heterocycles. The Labute approximate surface area is 197 Å². The van der Waals surface area contributed by atoms with E-state index in [2.05, 4.69) is 5.32 Å². The number of amides is 2. The highest BCUT2D eigenvalue weighted by Gasteiger charge is 2.26. The minimum Gasteiger partial charge on any atom is -0.354 e. The summed E-state index contributed by atoms with van der Waals surface area (Å²) in [5.74, 6) is 0.375. The van der Waals surface area contributed by atoms with Crippen molar-refractivity contribution in [2.24, 2.45) is 0 Å². The lowest BCUT2D eigenvalue weighted by Crippen LogP contribution is -2.48. The summed E-state index contributed by atoms with van der Waals surface area (Å²) in [6.45, 7) is 4.63. The molecule has 0 aliphatic heterocycles. The van der Waals surface area contributed by atoms with Crippen LogP contribution in [-0.2, 0) is 21.9 Å². The summed E-state index contributed by atoms with van der Waals surface area (Å²) in [4.78, 5) is 37.5.